The summed E-state index contributed by atoms with van der Waals surface area (Å²) >= 11 is 0. The molecule has 0 aliphatic carbocycles. The van der Waals surface area contributed by atoms with Crippen LogP contribution in [0.5, 0.6) is 0 Å². The number of hydrogen-bond donors (Lipinski definition) is 1. The largest absolute Gasteiger partial charge is 0.374 e. The molecule has 0 aliphatic heterocycles. The molecule has 0 saturated carbocycles. The number of nitrogens with one attached hydrogen (secondary N) is 1. The molecule has 0 fully saturated rings. The molecular formula is C12H19N5. The minimum Gasteiger partial charge on any atom is -0.374 e. The van der Waals surface area contributed by atoms with Crippen molar-refractivity contribution in [3.63, 3.8) is 0 Å². The van der Waals surface area contributed by atoms with Crippen LogP contribution in [0.3, 0.4) is 0 Å². The fourth-order valence-electron chi connectivity index (χ4n) is 1.83. The van der Waals surface area contributed by atoms with Crippen molar-refractivity contribution in [2.45, 2.75) is 32.9 Å². The molecule has 0 aromatic carbocycles. The van der Waals surface area contributed by atoms with Crippen molar-refractivity contribution >= 4 is 5.69 Å². The maximum atomic E-state index is 4.30. The van der Waals surface area contributed by atoms with Gasteiger partial charge in [-0.3, -0.25) is 9.36 Å². The van der Waals surface area contributed by atoms with Crippen LogP contribution in [0, 0.1) is 0 Å². The summed E-state index contributed by atoms with van der Waals surface area (Å²) in [6.07, 6.45) is 5.69. The van der Waals surface area contributed by atoms with Gasteiger partial charge in [0.15, 0.2) is 0 Å². The van der Waals surface area contributed by atoms with E-state index in [9.17, 15) is 0 Å². The van der Waals surface area contributed by atoms with Crippen LogP contribution in [-0.2, 0) is 7.05 Å². The summed E-state index contributed by atoms with van der Waals surface area (Å²) in [4.78, 5) is 0. The van der Waals surface area contributed by atoms with E-state index in [4.69, 9.17) is 0 Å². The quantitative estimate of drug-likeness (QED) is 0.882. The van der Waals surface area contributed by atoms with Gasteiger partial charge in [0.2, 0.25) is 0 Å². The van der Waals surface area contributed by atoms with Crippen LogP contribution in [-0.4, -0.2) is 19.6 Å². The van der Waals surface area contributed by atoms with Crippen molar-refractivity contribution in [3.8, 4) is 0 Å². The molecule has 5 nitrogen and oxygen atoms in total. The fourth-order valence-corrected chi connectivity index (χ4v) is 1.83. The highest BCUT2D eigenvalue weighted by molar-refractivity contribution is 5.40. The Morgan fingerprint density at radius 3 is 2.53 bits per heavy atom. The van der Waals surface area contributed by atoms with E-state index in [1.807, 2.05) is 41.1 Å². The van der Waals surface area contributed by atoms with E-state index in [2.05, 4.69) is 36.3 Å². The van der Waals surface area contributed by atoms with Gasteiger partial charge in [0.25, 0.3) is 0 Å². The monoisotopic (exact) mass is 233 g/mol. The molecule has 92 valence electrons. The molecule has 1 unspecified atom stereocenters. The fraction of sp³-hybridized carbons (Fsp3) is 0.500. The number of hydrogen-bond acceptors (Lipinski definition) is 3. The molecule has 2 rings (SSSR count). The van der Waals surface area contributed by atoms with E-state index < -0.39 is 0 Å². The third-order valence-electron chi connectivity index (χ3n) is 2.82. The second-order valence-electron chi connectivity index (χ2n) is 4.55. The lowest BCUT2D eigenvalue weighted by atomic mass is 10.2. The van der Waals surface area contributed by atoms with Crippen molar-refractivity contribution in [2.75, 3.05) is 5.32 Å². The van der Waals surface area contributed by atoms with Crippen LogP contribution in [0.2, 0.25) is 0 Å². The van der Waals surface area contributed by atoms with Crippen LogP contribution in [0.4, 0.5) is 5.69 Å². The summed E-state index contributed by atoms with van der Waals surface area (Å²) in [5, 5.41) is 11.9. The minimum absolute atomic E-state index is 0.215. The number of aromatic nitrogens is 4. The average Bonchev–Trinajstić information content (AvgIpc) is 2.86. The van der Waals surface area contributed by atoms with Crippen molar-refractivity contribution in [3.05, 3.63) is 30.4 Å². The summed E-state index contributed by atoms with van der Waals surface area (Å²) in [5.74, 6) is 0. The Morgan fingerprint density at radius 1 is 1.24 bits per heavy atom. The standard InChI is InChI=1S/C12H19N5/c1-9(2)17-8-11(7-14-17)15-10(3)12-5-6-13-16(12)4/h5-10,15H,1-4H3. The van der Waals surface area contributed by atoms with Gasteiger partial charge in [0, 0.05) is 25.5 Å². The highest BCUT2D eigenvalue weighted by Gasteiger charge is 2.10. The highest BCUT2D eigenvalue weighted by Crippen LogP contribution is 2.18. The average molecular weight is 233 g/mol. The van der Waals surface area contributed by atoms with E-state index in [-0.39, 0.29) is 6.04 Å². The third-order valence-corrected chi connectivity index (χ3v) is 2.82. The lowest BCUT2D eigenvalue weighted by Crippen LogP contribution is -2.11. The Morgan fingerprint density at radius 2 is 2.00 bits per heavy atom. The Balaban J connectivity index is 2.08. The SMILES string of the molecule is CC(Nc1cnn(C(C)C)c1)c1ccnn1C. The molecule has 0 bridgehead atoms. The van der Waals surface area contributed by atoms with Crippen molar-refractivity contribution in [1.29, 1.82) is 0 Å². The van der Waals surface area contributed by atoms with Gasteiger partial charge < -0.3 is 5.32 Å². The summed E-state index contributed by atoms with van der Waals surface area (Å²) < 4.78 is 3.82. The zero-order valence-corrected chi connectivity index (χ0v) is 10.8. The van der Waals surface area contributed by atoms with Gasteiger partial charge in [0.05, 0.1) is 23.6 Å². The Hall–Kier alpha value is -1.78. The van der Waals surface area contributed by atoms with Gasteiger partial charge in [-0.05, 0) is 26.8 Å². The van der Waals surface area contributed by atoms with Crippen LogP contribution >= 0.6 is 0 Å². The highest BCUT2D eigenvalue weighted by atomic mass is 15.3. The van der Waals surface area contributed by atoms with E-state index in [0.29, 0.717) is 6.04 Å². The third kappa shape index (κ3) is 2.49. The first kappa shape index (κ1) is 11.7. The number of aryl methyl sites for hydroxylation is 1. The Kier molecular flexibility index (Phi) is 3.17. The minimum atomic E-state index is 0.215. The first-order valence-corrected chi connectivity index (χ1v) is 5.86. The summed E-state index contributed by atoms with van der Waals surface area (Å²) in [6.45, 7) is 6.34. The van der Waals surface area contributed by atoms with Gasteiger partial charge in [-0.2, -0.15) is 10.2 Å². The van der Waals surface area contributed by atoms with E-state index >= 15 is 0 Å². The molecule has 5 heteroatoms. The number of anilines is 1. The van der Waals surface area contributed by atoms with Gasteiger partial charge in [0.1, 0.15) is 0 Å². The molecule has 1 N–H and O–H groups in total. The molecule has 0 saturated heterocycles. The molecule has 0 radical (unpaired) electrons. The smallest absolute Gasteiger partial charge is 0.0731 e. The molecule has 0 amide bonds. The molecule has 0 aliphatic rings. The zero-order chi connectivity index (χ0) is 12.4. The Labute approximate surface area is 101 Å². The predicted molar refractivity (Wildman–Crippen MR) is 67.9 cm³/mol. The lowest BCUT2D eigenvalue weighted by molar-refractivity contribution is 0.532. The normalized spacial score (nSPS) is 13.0. The summed E-state index contributed by atoms with van der Waals surface area (Å²) in [5.41, 5.74) is 2.19. The molecule has 2 aromatic rings. The topological polar surface area (TPSA) is 47.7 Å². The van der Waals surface area contributed by atoms with Gasteiger partial charge in [-0.25, -0.2) is 0 Å². The molecule has 17 heavy (non-hydrogen) atoms. The molecular weight excluding hydrogens is 214 g/mol. The number of rotatable bonds is 4. The zero-order valence-electron chi connectivity index (χ0n) is 10.8. The second-order valence-corrected chi connectivity index (χ2v) is 4.55. The van der Waals surface area contributed by atoms with E-state index in [1.54, 1.807) is 0 Å². The van der Waals surface area contributed by atoms with Crippen molar-refractivity contribution in [2.24, 2.45) is 7.05 Å². The van der Waals surface area contributed by atoms with Gasteiger partial charge in [-0.1, -0.05) is 0 Å². The Bertz CT molecular complexity index is 483. The van der Waals surface area contributed by atoms with E-state index in [0.717, 1.165) is 11.4 Å². The first-order valence-electron chi connectivity index (χ1n) is 5.86. The number of nitrogens with zero attached hydrogens (tertiary/aromatic N) is 4. The molecule has 2 heterocycles. The first-order chi connectivity index (χ1) is 8.08. The molecule has 2 aromatic heterocycles. The predicted octanol–water partition coefficient (Wildman–Crippen LogP) is 2.37. The second kappa shape index (κ2) is 4.61. The lowest BCUT2D eigenvalue weighted by Gasteiger charge is -2.13. The van der Waals surface area contributed by atoms with Gasteiger partial charge in [-0.15, -0.1) is 0 Å². The maximum Gasteiger partial charge on any atom is 0.0731 e. The van der Waals surface area contributed by atoms with Crippen LogP contribution < -0.4 is 5.32 Å². The van der Waals surface area contributed by atoms with Crippen molar-refractivity contribution in [1.82, 2.24) is 19.6 Å². The van der Waals surface area contributed by atoms with Crippen molar-refractivity contribution < 1.29 is 0 Å². The van der Waals surface area contributed by atoms with Crippen LogP contribution in [0.1, 0.15) is 38.5 Å². The van der Waals surface area contributed by atoms with E-state index in [1.165, 1.54) is 0 Å². The van der Waals surface area contributed by atoms with Crippen LogP contribution in [0.25, 0.3) is 0 Å². The molecule has 0 spiro atoms. The summed E-state index contributed by atoms with van der Waals surface area (Å²) in [6, 6.07) is 2.62. The van der Waals surface area contributed by atoms with Crippen LogP contribution in [0.15, 0.2) is 24.7 Å². The maximum absolute atomic E-state index is 4.30. The molecule has 1 atom stereocenters. The van der Waals surface area contributed by atoms with Gasteiger partial charge >= 0.3 is 0 Å². The summed E-state index contributed by atoms with van der Waals surface area (Å²) in [7, 11) is 1.95.